The van der Waals surface area contributed by atoms with Gasteiger partial charge >= 0.3 is 0 Å². The van der Waals surface area contributed by atoms with E-state index in [1.807, 2.05) is 6.07 Å². The van der Waals surface area contributed by atoms with Crippen molar-refractivity contribution in [3.05, 3.63) is 101 Å². The van der Waals surface area contributed by atoms with Crippen LogP contribution in [0.15, 0.2) is 94.4 Å². The Morgan fingerprint density at radius 1 is 1.17 bits per heavy atom. The summed E-state index contributed by atoms with van der Waals surface area (Å²) in [4.78, 5) is 30.4. The van der Waals surface area contributed by atoms with E-state index in [-0.39, 0.29) is 23.0 Å². The van der Waals surface area contributed by atoms with Crippen LogP contribution in [0, 0.1) is 0 Å². The van der Waals surface area contributed by atoms with Gasteiger partial charge in [-0.15, -0.1) is 6.58 Å². The highest BCUT2D eigenvalue weighted by Crippen LogP contribution is 2.23. The quantitative estimate of drug-likeness (QED) is 0.118. The van der Waals surface area contributed by atoms with Gasteiger partial charge in [0.2, 0.25) is 0 Å². The van der Waals surface area contributed by atoms with Gasteiger partial charge in [0.1, 0.15) is 11.5 Å². The van der Waals surface area contributed by atoms with Crippen molar-refractivity contribution in [2.24, 2.45) is 5.10 Å². The van der Waals surface area contributed by atoms with Gasteiger partial charge in [-0.05, 0) is 54.4 Å². The molecule has 2 N–H and O–H groups in total. The van der Waals surface area contributed by atoms with E-state index in [1.54, 1.807) is 73.8 Å². The SMILES string of the molecule is C=CCc1cccc(/C=N\NC(=O)CSc2nc3ccccc3c(=O)n2-c2ccc(OC)cc2)c1O. The fraction of sp³-hybridized carbons (Fsp3) is 0.111. The molecule has 36 heavy (non-hydrogen) atoms. The number of fused-ring (bicyclic) bond motifs is 1. The number of phenols is 1. The van der Waals surface area contributed by atoms with E-state index in [0.29, 0.717) is 39.5 Å². The topological polar surface area (TPSA) is 106 Å². The first-order chi connectivity index (χ1) is 17.5. The van der Waals surface area contributed by atoms with Gasteiger partial charge in [-0.1, -0.05) is 42.1 Å². The predicted octanol–water partition coefficient (Wildman–Crippen LogP) is 4.07. The third-order valence-corrected chi connectivity index (χ3v) is 6.25. The van der Waals surface area contributed by atoms with Gasteiger partial charge in [0.25, 0.3) is 11.5 Å². The molecule has 0 saturated carbocycles. The van der Waals surface area contributed by atoms with E-state index in [4.69, 9.17) is 4.74 Å². The Balaban J connectivity index is 1.54. The van der Waals surface area contributed by atoms with E-state index in [9.17, 15) is 14.7 Å². The van der Waals surface area contributed by atoms with Crippen LogP contribution in [0.3, 0.4) is 0 Å². The van der Waals surface area contributed by atoms with E-state index in [1.165, 1.54) is 10.8 Å². The van der Waals surface area contributed by atoms with Crippen molar-refractivity contribution in [1.29, 1.82) is 0 Å². The number of phenolic OH excluding ortho intramolecular Hbond substituents is 1. The highest BCUT2D eigenvalue weighted by molar-refractivity contribution is 7.99. The van der Waals surface area contributed by atoms with E-state index in [2.05, 4.69) is 22.1 Å². The molecule has 0 saturated heterocycles. The Bertz CT molecular complexity index is 1500. The molecule has 0 spiro atoms. The second-order valence-corrected chi connectivity index (χ2v) is 8.62. The lowest BCUT2D eigenvalue weighted by molar-refractivity contribution is -0.118. The summed E-state index contributed by atoms with van der Waals surface area (Å²) in [7, 11) is 1.57. The molecule has 3 aromatic carbocycles. The number of nitrogens with zero attached hydrogens (tertiary/aromatic N) is 3. The van der Waals surface area contributed by atoms with Crippen LogP contribution < -0.4 is 15.7 Å². The molecule has 0 bridgehead atoms. The summed E-state index contributed by atoms with van der Waals surface area (Å²) in [6.45, 7) is 3.68. The molecule has 0 atom stereocenters. The Morgan fingerprint density at radius 3 is 2.69 bits per heavy atom. The number of hydrazone groups is 1. The summed E-state index contributed by atoms with van der Waals surface area (Å²) in [5.74, 6) is 0.337. The first-order valence-corrected chi connectivity index (χ1v) is 12.0. The van der Waals surface area contributed by atoms with Gasteiger partial charge in [0, 0.05) is 5.56 Å². The molecule has 0 radical (unpaired) electrons. The maximum absolute atomic E-state index is 13.3. The van der Waals surface area contributed by atoms with Crippen molar-refractivity contribution in [3.8, 4) is 17.2 Å². The van der Waals surface area contributed by atoms with Crippen molar-refractivity contribution < 1.29 is 14.6 Å². The number of carbonyl (C=O) groups excluding carboxylic acids is 1. The summed E-state index contributed by atoms with van der Waals surface area (Å²) in [6.07, 6.45) is 3.60. The fourth-order valence-corrected chi connectivity index (χ4v) is 4.34. The number of allylic oxidation sites excluding steroid dienone is 1. The zero-order chi connectivity index (χ0) is 25.5. The maximum atomic E-state index is 13.3. The minimum absolute atomic E-state index is 0.0270. The average molecular weight is 501 g/mol. The summed E-state index contributed by atoms with van der Waals surface area (Å²) in [5.41, 5.74) is 4.56. The molecular formula is C27H24N4O4S. The van der Waals surface area contributed by atoms with E-state index in [0.717, 1.165) is 17.3 Å². The molecule has 8 nitrogen and oxygen atoms in total. The van der Waals surface area contributed by atoms with Crippen molar-refractivity contribution in [2.45, 2.75) is 11.6 Å². The number of amides is 1. The highest BCUT2D eigenvalue weighted by atomic mass is 32.2. The van der Waals surface area contributed by atoms with Crippen LogP contribution in [-0.4, -0.2) is 39.6 Å². The molecular weight excluding hydrogens is 476 g/mol. The first-order valence-electron chi connectivity index (χ1n) is 11.0. The summed E-state index contributed by atoms with van der Waals surface area (Å²) in [6, 6.07) is 19.4. The minimum atomic E-state index is -0.387. The third-order valence-electron chi connectivity index (χ3n) is 5.32. The van der Waals surface area contributed by atoms with Crippen molar-refractivity contribution in [1.82, 2.24) is 15.0 Å². The number of carbonyl (C=O) groups is 1. The number of methoxy groups -OCH3 is 1. The van der Waals surface area contributed by atoms with Crippen LogP contribution in [0.2, 0.25) is 0 Å². The monoisotopic (exact) mass is 500 g/mol. The van der Waals surface area contributed by atoms with Gasteiger partial charge < -0.3 is 9.84 Å². The van der Waals surface area contributed by atoms with Crippen LogP contribution in [0.4, 0.5) is 0 Å². The van der Waals surface area contributed by atoms with E-state index < -0.39 is 0 Å². The number of ether oxygens (including phenoxy) is 1. The lowest BCUT2D eigenvalue weighted by atomic mass is 10.1. The number of benzene rings is 3. The van der Waals surface area contributed by atoms with Gasteiger partial charge in [0.15, 0.2) is 5.16 Å². The molecule has 1 amide bonds. The molecule has 0 unspecified atom stereocenters. The number of aromatic hydroxyl groups is 1. The Labute approximate surface area is 212 Å². The number of aromatic nitrogens is 2. The van der Waals surface area contributed by atoms with Crippen LogP contribution in [0.1, 0.15) is 11.1 Å². The molecule has 1 aromatic heterocycles. The number of hydrogen-bond acceptors (Lipinski definition) is 7. The molecule has 0 fully saturated rings. The zero-order valence-corrected chi connectivity index (χ0v) is 20.4. The van der Waals surface area contributed by atoms with Crippen molar-refractivity contribution in [3.63, 3.8) is 0 Å². The third kappa shape index (κ3) is 5.47. The average Bonchev–Trinajstić information content (AvgIpc) is 2.90. The molecule has 0 aliphatic rings. The van der Waals surface area contributed by atoms with Crippen LogP contribution in [0.5, 0.6) is 11.5 Å². The normalized spacial score (nSPS) is 11.0. The van der Waals surface area contributed by atoms with Gasteiger partial charge in [-0.3, -0.25) is 14.2 Å². The van der Waals surface area contributed by atoms with Crippen LogP contribution in [-0.2, 0) is 11.2 Å². The standard InChI is InChI=1S/C27H24N4O4S/c1-3-7-18-8-6-9-19(25(18)33)16-28-30-24(32)17-36-27-29-23-11-5-4-10-22(23)26(34)31(27)20-12-14-21(35-2)15-13-20/h3-6,8-16,33H,1,7,17H2,2H3,(H,30,32)/b28-16-. The summed E-state index contributed by atoms with van der Waals surface area (Å²) < 4.78 is 6.69. The van der Waals surface area contributed by atoms with Gasteiger partial charge in [-0.2, -0.15) is 5.10 Å². The predicted molar refractivity (Wildman–Crippen MR) is 142 cm³/mol. The van der Waals surface area contributed by atoms with Crippen LogP contribution >= 0.6 is 11.8 Å². The Hall–Kier alpha value is -4.37. The number of rotatable bonds is 9. The number of thioether (sulfide) groups is 1. The molecule has 182 valence electrons. The minimum Gasteiger partial charge on any atom is -0.507 e. The van der Waals surface area contributed by atoms with Crippen molar-refractivity contribution >= 4 is 34.8 Å². The van der Waals surface area contributed by atoms with E-state index >= 15 is 0 Å². The largest absolute Gasteiger partial charge is 0.507 e. The molecule has 9 heteroatoms. The number of nitrogens with one attached hydrogen (secondary N) is 1. The van der Waals surface area contributed by atoms with Crippen molar-refractivity contribution in [2.75, 3.05) is 12.9 Å². The second kappa shape index (κ2) is 11.4. The molecule has 4 aromatic rings. The van der Waals surface area contributed by atoms with Gasteiger partial charge in [0.05, 0.1) is 35.7 Å². The number of hydrogen-bond donors (Lipinski definition) is 2. The highest BCUT2D eigenvalue weighted by Gasteiger charge is 2.15. The fourth-order valence-electron chi connectivity index (χ4n) is 3.54. The lowest BCUT2D eigenvalue weighted by Gasteiger charge is -2.13. The first kappa shape index (κ1) is 24.7. The van der Waals surface area contributed by atoms with Gasteiger partial charge in [-0.25, -0.2) is 10.4 Å². The molecule has 0 aliphatic carbocycles. The molecule has 1 heterocycles. The molecule has 4 rings (SSSR count). The zero-order valence-electron chi connectivity index (χ0n) is 19.5. The summed E-state index contributed by atoms with van der Waals surface area (Å²) in [5, 5.41) is 15.1. The second-order valence-electron chi connectivity index (χ2n) is 7.68. The Kier molecular flexibility index (Phi) is 7.82. The number of para-hydroxylation sites is 2. The Morgan fingerprint density at radius 2 is 1.94 bits per heavy atom. The molecule has 0 aliphatic heterocycles. The summed E-state index contributed by atoms with van der Waals surface area (Å²) >= 11 is 1.12. The maximum Gasteiger partial charge on any atom is 0.266 e. The lowest BCUT2D eigenvalue weighted by Crippen LogP contribution is -2.24. The smallest absolute Gasteiger partial charge is 0.266 e. The van der Waals surface area contributed by atoms with Crippen LogP contribution in [0.25, 0.3) is 16.6 Å².